The van der Waals surface area contributed by atoms with Crippen molar-refractivity contribution in [3.05, 3.63) is 29.8 Å². The third-order valence-electron chi connectivity index (χ3n) is 4.12. The zero-order valence-electron chi connectivity index (χ0n) is 13.8. The molecule has 0 radical (unpaired) electrons. The average molecular weight is 343 g/mol. The smallest absolute Gasteiger partial charge is 0.195 e. The molecule has 0 amide bonds. The Hall–Kier alpha value is -0.560. The molecule has 1 aromatic rings. The average Bonchev–Trinajstić information content (AvgIpc) is 2.47. The monoisotopic (exact) mass is 342 g/mol. The Morgan fingerprint density at radius 1 is 1.18 bits per heavy atom. The van der Waals surface area contributed by atoms with Crippen molar-refractivity contribution in [1.29, 1.82) is 0 Å². The molecule has 0 spiro atoms. The first-order valence-electron chi connectivity index (χ1n) is 7.67. The minimum atomic E-state index is -3.38. The number of rotatable bonds is 5. The van der Waals surface area contributed by atoms with Gasteiger partial charge in [0, 0.05) is 31.6 Å². The SMILES string of the molecule is CSc1ccc(CN(C)S(=O)(=O)N2C[C@H](C)C[C@@H](C)C2)cc1. The molecule has 0 unspecified atom stereocenters. The highest BCUT2D eigenvalue weighted by molar-refractivity contribution is 7.98. The standard InChI is InChI=1S/C16H26N2O2S2/c1-13-9-14(2)11-18(10-13)22(19,20)17(3)12-15-5-7-16(21-4)8-6-15/h5-8,13-14H,9-12H2,1-4H3/t13-,14-/m1/s1. The predicted octanol–water partition coefficient (Wildman–Crippen LogP) is 3.06. The summed E-state index contributed by atoms with van der Waals surface area (Å²) in [5.74, 6) is 0.848. The summed E-state index contributed by atoms with van der Waals surface area (Å²) >= 11 is 1.69. The molecule has 0 bridgehead atoms. The Bertz CT molecular complexity index is 577. The van der Waals surface area contributed by atoms with Crippen molar-refractivity contribution in [2.24, 2.45) is 11.8 Å². The third kappa shape index (κ3) is 4.25. The summed E-state index contributed by atoms with van der Waals surface area (Å²) in [5, 5.41) is 0. The molecule has 6 heteroatoms. The molecule has 2 rings (SSSR count). The highest BCUT2D eigenvalue weighted by Gasteiger charge is 2.33. The van der Waals surface area contributed by atoms with E-state index < -0.39 is 10.2 Å². The van der Waals surface area contributed by atoms with Crippen LogP contribution < -0.4 is 0 Å². The molecule has 4 nitrogen and oxygen atoms in total. The Morgan fingerprint density at radius 3 is 2.23 bits per heavy atom. The molecule has 1 aliphatic heterocycles. The largest absolute Gasteiger partial charge is 0.282 e. The Labute approximate surface area is 139 Å². The van der Waals surface area contributed by atoms with Gasteiger partial charge in [0.15, 0.2) is 0 Å². The molecule has 1 aliphatic rings. The van der Waals surface area contributed by atoms with Gasteiger partial charge in [0.05, 0.1) is 0 Å². The normalized spacial score (nSPS) is 23.9. The van der Waals surface area contributed by atoms with Gasteiger partial charge < -0.3 is 0 Å². The lowest BCUT2D eigenvalue weighted by Crippen LogP contribution is -2.48. The second-order valence-corrected chi connectivity index (χ2v) is 9.29. The van der Waals surface area contributed by atoms with Gasteiger partial charge in [-0.1, -0.05) is 26.0 Å². The first-order chi connectivity index (χ1) is 10.3. The highest BCUT2D eigenvalue weighted by Crippen LogP contribution is 2.25. The van der Waals surface area contributed by atoms with Gasteiger partial charge in [-0.2, -0.15) is 17.0 Å². The van der Waals surface area contributed by atoms with Crippen molar-refractivity contribution in [2.45, 2.75) is 31.7 Å². The van der Waals surface area contributed by atoms with Gasteiger partial charge in [-0.05, 0) is 42.2 Å². The van der Waals surface area contributed by atoms with E-state index in [2.05, 4.69) is 13.8 Å². The van der Waals surface area contributed by atoms with E-state index in [0.717, 1.165) is 12.0 Å². The molecule has 0 aliphatic carbocycles. The van der Waals surface area contributed by atoms with Crippen LogP contribution in [0.5, 0.6) is 0 Å². The Balaban J connectivity index is 2.07. The number of nitrogens with zero attached hydrogens (tertiary/aromatic N) is 2. The van der Waals surface area contributed by atoms with E-state index >= 15 is 0 Å². The lowest BCUT2D eigenvalue weighted by atomic mass is 9.94. The molecule has 124 valence electrons. The number of benzene rings is 1. The van der Waals surface area contributed by atoms with Gasteiger partial charge in [-0.15, -0.1) is 11.8 Å². The number of hydrogen-bond acceptors (Lipinski definition) is 3. The first-order valence-corrected chi connectivity index (χ1v) is 10.3. The van der Waals surface area contributed by atoms with E-state index in [-0.39, 0.29) is 0 Å². The van der Waals surface area contributed by atoms with Crippen LogP contribution in [0.3, 0.4) is 0 Å². The van der Waals surface area contributed by atoms with Gasteiger partial charge in [0.1, 0.15) is 0 Å². The van der Waals surface area contributed by atoms with Gasteiger partial charge in [0.25, 0.3) is 10.2 Å². The third-order valence-corrected chi connectivity index (χ3v) is 6.73. The maximum absolute atomic E-state index is 12.8. The Kier molecular flexibility index (Phi) is 5.94. The summed E-state index contributed by atoms with van der Waals surface area (Å²) in [4.78, 5) is 1.19. The van der Waals surface area contributed by atoms with Crippen LogP contribution >= 0.6 is 11.8 Å². The number of piperidine rings is 1. The van der Waals surface area contributed by atoms with Crippen molar-refractivity contribution in [3.63, 3.8) is 0 Å². The minimum Gasteiger partial charge on any atom is -0.195 e. The fraction of sp³-hybridized carbons (Fsp3) is 0.625. The van der Waals surface area contributed by atoms with E-state index in [1.807, 2.05) is 30.5 Å². The van der Waals surface area contributed by atoms with E-state index in [1.54, 1.807) is 23.1 Å². The van der Waals surface area contributed by atoms with Crippen LogP contribution in [-0.4, -0.2) is 43.4 Å². The molecule has 2 atom stereocenters. The molecule has 1 aromatic carbocycles. The zero-order valence-corrected chi connectivity index (χ0v) is 15.5. The molecule has 1 fully saturated rings. The second kappa shape index (κ2) is 7.34. The van der Waals surface area contributed by atoms with Crippen LogP contribution in [0.15, 0.2) is 29.2 Å². The van der Waals surface area contributed by atoms with E-state index in [9.17, 15) is 8.42 Å². The molecular formula is C16H26N2O2S2. The summed E-state index contributed by atoms with van der Waals surface area (Å²) in [6, 6.07) is 8.07. The zero-order chi connectivity index (χ0) is 16.3. The molecule has 0 saturated carbocycles. The van der Waals surface area contributed by atoms with Crippen molar-refractivity contribution in [2.75, 3.05) is 26.4 Å². The molecule has 22 heavy (non-hydrogen) atoms. The fourth-order valence-corrected chi connectivity index (χ4v) is 5.06. The predicted molar refractivity (Wildman–Crippen MR) is 93.1 cm³/mol. The van der Waals surface area contributed by atoms with Crippen LogP contribution in [0.2, 0.25) is 0 Å². The summed E-state index contributed by atoms with van der Waals surface area (Å²) in [5.41, 5.74) is 1.02. The number of thioether (sulfide) groups is 1. The minimum absolute atomic E-state index is 0.413. The summed E-state index contributed by atoms with van der Waals surface area (Å²) in [6.45, 7) is 5.92. The first kappa shape index (κ1) is 17.8. The van der Waals surface area contributed by atoms with Crippen molar-refractivity contribution < 1.29 is 8.42 Å². The van der Waals surface area contributed by atoms with Crippen LogP contribution in [-0.2, 0) is 16.8 Å². The van der Waals surface area contributed by atoms with E-state index in [4.69, 9.17) is 0 Å². The molecule has 1 saturated heterocycles. The van der Waals surface area contributed by atoms with Gasteiger partial charge in [-0.25, -0.2) is 0 Å². The van der Waals surface area contributed by atoms with Crippen LogP contribution in [0, 0.1) is 11.8 Å². The topological polar surface area (TPSA) is 40.6 Å². The molecular weight excluding hydrogens is 316 g/mol. The van der Waals surface area contributed by atoms with Gasteiger partial charge in [-0.3, -0.25) is 0 Å². The lowest BCUT2D eigenvalue weighted by Gasteiger charge is -2.36. The Morgan fingerprint density at radius 2 is 1.73 bits per heavy atom. The van der Waals surface area contributed by atoms with E-state index in [1.165, 1.54) is 9.20 Å². The van der Waals surface area contributed by atoms with Crippen molar-refractivity contribution >= 4 is 22.0 Å². The van der Waals surface area contributed by atoms with Crippen LogP contribution in [0.4, 0.5) is 0 Å². The fourth-order valence-electron chi connectivity index (χ4n) is 3.06. The van der Waals surface area contributed by atoms with Crippen molar-refractivity contribution in [1.82, 2.24) is 8.61 Å². The van der Waals surface area contributed by atoms with Crippen LogP contribution in [0.25, 0.3) is 0 Å². The lowest BCUT2D eigenvalue weighted by molar-refractivity contribution is 0.211. The molecule has 1 heterocycles. The maximum Gasteiger partial charge on any atom is 0.282 e. The number of hydrogen-bond donors (Lipinski definition) is 0. The van der Waals surface area contributed by atoms with Gasteiger partial charge in [0.2, 0.25) is 0 Å². The molecule has 0 aromatic heterocycles. The highest BCUT2D eigenvalue weighted by atomic mass is 32.2. The quantitative estimate of drug-likeness (QED) is 0.772. The summed E-state index contributed by atoms with van der Waals surface area (Å²) in [6.07, 6.45) is 3.14. The maximum atomic E-state index is 12.8. The van der Waals surface area contributed by atoms with Gasteiger partial charge >= 0.3 is 0 Å². The summed E-state index contributed by atoms with van der Waals surface area (Å²) in [7, 11) is -1.71. The second-order valence-electron chi connectivity index (χ2n) is 6.37. The van der Waals surface area contributed by atoms with Crippen molar-refractivity contribution in [3.8, 4) is 0 Å². The van der Waals surface area contributed by atoms with E-state index in [0.29, 0.717) is 31.5 Å². The summed E-state index contributed by atoms with van der Waals surface area (Å²) < 4.78 is 28.6. The van der Waals surface area contributed by atoms with Crippen LogP contribution in [0.1, 0.15) is 25.8 Å². The molecule has 0 N–H and O–H groups in total.